The average molecular weight is 435 g/mol. The van der Waals surface area contributed by atoms with Crippen molar-refractivity contribution in [2.45, 2.75) is 17.4 Å². The van der Waals surface area contributed by atoms with Crippen molar-refractivity contribution in [1.29, 1.82) is 0 Å². The zero-order chi connectivity index (χ0) is 20.4. The lowest BCUT2D eigenvalue weighted by atomic mass is 10.1. The standard InChI is InChI=1S/C21H21ClF2N4S/c22-15-5-6-17-16(9-15)18(26-13-21(23,24)12-25)10-20(27-17)28-7-8-29-19-4-2-1-3-14(19)11-28/h1-6,9-10H,7-8,11-13,25H2,(H,26,27). The maximum absolute atomic E-state index is 13.7. The van der Waals surface area contributed by atoms with Gasteiger partial charge >= 0.3 is 0 Å². The van der Waals surface area contributed by atoms with Crippen LogP contribution in [0, 0.1) is 0 Å². The number of halogens is 3. The number of hydrogen-bond donors (Lipinski definition) is 2. The van der Waals surface area contributed by atoms with E-state index in [0.29, 0.717) is 28.2 Å². The molecular formula is C21H21ClF2N4S. The molecule has 1 aliphatic heterocycles. The van der Waals surface area contributed by atoms with Crippen LogP contribution in [0.5, 0.6) is 0 Å². The fraction of sp³-hybridized carbons (Fsp3) is 0.286. The van der Waals surface area contributed by atoms with Gasteiger partial charge in [0.05, 0.1) is 18.6 Å². The molecule has 8 heteroatoms. The van der Waals surface area contributed by atoms with Crippen LogP contribution in [0.25, 0.3) is 10.9 Å². The van der Waals surface area contributed by atoms with Crippen LogP contribution in [-0.2, 0) is 6.54 Å². The van der Waals surface area contributed by atoms with Crippen molar-refractivity contribution in [1.82, 2.24) is 4.98 Å². The quantitative estimate of drug-likeness (QED) is 0.591. The number of nitrogens with one attached hydrogen (secondary N) is 1. The molecule has 0 saturated carbocycles. The van der Waals surface area contributed by atoms with Crippen molar-refractivity contribution >= 4 is 45.8 Å². The molecule has 1 aromatic heterocycles. The van der Waals surface area contributed by atoms with E-state index in [1.54, 1.807) is 12.1 Å². The Morgan fingerprint density at radius 2 is 2.03 bits per heavy atom. The third kappa shape index (κ3) is 4.57. The van der Waals surface area contributed by atoms with Gasteiger partial charge in [0.1, 0.15) is 5.82 Å². The number of aromatic nitrogens is 1. The predicted octanol–water partition coefficient (Wildman–Crippen LogP) is 5.01. The Morgan fingerprint density at radius 3 is 2.86 bits per heavy atom. The lowest BCUT2D eigenvalue weighted by Crippen LogP contribution is -2.35. The van der Waals surface area contributed by atoms with Crippen LogP contribution in [0.1, 0.15) is 5.56 Å². The maximum Gasteiger partial charge on any atom is 0.276 e. The van der Waals surface area contributed by atoms with Crippen LogP contribution in [0.4, 0.5) is 20.3 Å². The molecule has 0 spiro atoms. The summed E-state index contributed by atoms with van der Waals surface area (Å²) < 4.78 is 27.5. The van der Waals surface area contributed by atoms with Crippen molar-refractivity contribution in [3.63, 3.8) is 0 Å². The second-order valence-electron chi connectivity index (χ2n) is 6.98. The van der Waals surface area contributed by atoms with Gasteiger partial charge in [0.2, 0.25) is 0 Å². The Hall–Kier alpha value is -2.09. The SMILES string of the molecule is NCC(F)(F)CNc1cc(N2CCSc3ccccc3C2)nc2ccc(Cl)cc12. The molecule has 0 aliphatic carbocycles. The number of nitrogens with two attached hydrogens (primary N) is 1. The van der Waals surface area contributed by atoms with Crippen molar-refractivity contribution in [2.75, 3.05) is 35.6 Å². The van der Waals surface area contributed by atoms with Gasteiger partial charge in [-0.25, -0.2) is 13.8 Å². The molecule has 0 amide bonds. The largest absolute Gasteiger partial charge is 0.378 e. The second-order valence-corrected chi connectivity index (χ2v) is 8.55. The molecule has 2 aromatic carbocycles. The van der Waals surface area contributed by atoms with E-state index in [1.165, 1.54) is 10.5 Å². The minimum Gasteiger partial charge on any atom is -0.378 e. The van der Waals surface area contributed by atoms with E-state index in [2.05, 4.69) is 22.3 Å². The number of pyridine rings is 1. The summed E-state index contributed by atoms with van der Waals surface area (Å²) in [4.78, 5) is 8.23. The molecule has 3 N–H and O–H groups in total. The lowest BCUT2D eigenvalue weighted by Gasteiger charge is -2.24. The van der Waals surface area contributed by atoms with E-state index in [0.717, 1.165) is 18.1 Å². The van der Waals surface area contributed by atoms with Crippen LogP contribution in [-0.4, -0.2) is 36.3 Å². The van der Waals surface area contributed by atoms with Gasteiger partial charge in [-0.05, 0) is 29.8 Å². The zero-order valence-corrected chi connectivity index (χ0v) is 17.2. The molecule has 2 heterocycles. The number of thioether (sulfide) groups is 1. The molecule has 3 aromatic rings. The van der Waals surface area contributed by atoms with E-state index in [9.17, 15) is 8.78 Å². The highest BCUT2D eigenvalue weighted by atomic mass is 35.5. The summed E-state index contributed by atoms with van der Waals surface area (Å²) in [6.45, 7) is 0.265. The van der Waals surface area contributed by atoms with E-state index in [1.807, 2.05) is 36.0 Å². The van der Waals surface area contributed by atoms with Gasteiger partial charge in [-0.2, -0.15) is 0 Å². The third-order valence-electron chi connectivity index (χ3n) is 4.87. The molecule has 0 radical (unpaired) electrons. The van der Waals surface area contributed by atoms with E-state index in [4.69, 9.17) is 22.3 Å². The fourth-order valence-electron chi connectivity index (χ4n) is 3.31. The van der Waals surface area contributed by atoms with Gasteiger partial charge in [-0.1, -0.05) is 29.8 Å². The Kier molecular flexibility index (Phi) is 5.81. The Morgan fingerprint density at radius 1 is 1.21 bits per heavy atom. The van der Waals surface area contributed by atoms with Gasteiger partial charge in [0.15, 0.2) is 0 Å². The molecule has 0 unspecified atom stereocenters. The Labute approximate surface area is 177 Å². The summed E-state index contributed by atoms with van der Waals surface area (Å²) >= 11 is 7.96. The predicted molar refractivity (Wildman–Crippen MR) is 117 cm³/mol. The second kappa shape index (κ2) is 8.34. The Balaban J connectivity index is 1.72. The van der Waals surface area contributed by atoms with Crippen LogP contribution in [0.3, 0.4) is 0 Å². The normalized spacial score (nSPS) is 14.6. The van der Waals surface area contributed by atoms with Crippen molar-refractivity contribution < 1.29 is 8.78 Å². The number of nitrogens with zero attached hydrogens (tertiary/aromatic N) is 2. The first-order valence-corrected chi connectivity index (χ1v) is 10.7. The third-order valence-corrected chi connectivity index (χ3v) is 6.20. The first-order chi connectivity index (χ1) is 13.9. The minimum atomic E-state index is -2.99. The van der Waals surface area contributed by atoms with Gasteiger partial charge in [-0.3, -0.25) is 0 Å². The molecule has 29 heavy (non-hydrogen) atoms. The van der Waals surface area contributed by atoms with Gasteiger partial charge in [-0.15, -0.1) is 11.8 Å². The van der Waals surface area contributed by atoms with Gasteiger partial charge < -0.3 is 16.0 Å². The zero-order valence-electron chi connectivity index (χ0n) is 15.7. The molecule has 0 saturated heterocycles. The molecule has 0 bridgehead atoms. The monoisotopic (exact) mass is 434 g/mol. The molecule has 4 rings (SSSR count). The van der Waals surface area contributed by atoms with Gasteiger partial charge in [0, 0.05) is 45.9 Å². The summed E-state index contributed by atoms with van der Waals surface area (Å²) in [6, 6.07) is 15.4. The summed E-state index contributed by atoms with van der Waals surface area (Å²) in [7, 11) is 0. The summed E-state index contributed by atoms with van der Waals surface area (Å²) in [6.07, 6.45) is 0. The van der Waals surface area contributed by atoms with E-state index < -0.39 is 19.0 Å². The minimum absolute atomic E-state index is 0.529. The molecule has 1 aliphatic rings. The van der Waals surface area contributed by atoms with Crippen LogP contribution < -0.4 is 16.0 Å². The smallest absolute Gasteiger partial charge is 0.276 e. The first-order valence-electron chi connectivity index (χ1n) is 9.33. The summed E-state index contributed by atoms with van der Waals surface area (Å²) in [5.74, 6) is -1.33. The van der Waals surface area contributed by atoms with Crippen LogP contribution in [0.15, 0.2) is 53.4 Å². The lowest BCUT2D eigenvalue weighted by molar-refractivity contribution is 0.0254. The highest BCUT2D eigenvalue weighted by Crippen LogP contribution is 2.33. The Bertz CT molecular complexity index is 1030. The highest BCUT2D eigenvalue weighted by molar-refractivity contribution is 7.99. The molecule has 0 fully saturated rings. The fourth-order valence-corrected chi connectivity index (χ4v) is 4.51. The van der Waals surface area contributed by atoms with E-state index in [-0.39, 0.29) is 0 Å². The number of rotatable bonds is 5. The number of alkyl halides is 2. The summed E-state index contributed by atoms with van der Waals surface area (Å²) in [5, 5.41) is 4.10. The number of benzene rings is 2. The van der Waals surface area contributed by atoms with Gasteiger partial charge in [0.25, 0.3) is 5.92 Å². The van der Waals surface area contributed by atoms with E-state index >= 15 is 0 Å². The number of fused-ring (bicyclic) bond motifs is 2. The summed E-state index contributed by atoms with van der Waals surface area (Å²) in [5.41, 5.74) is 7.70. The van der Waals surface area contributed by atoms with Crippen LogP contribution in [0.2, 0.25) is 5.02 Å². The molecule has 4 nitrogen and oxygen atoms in total. The number of hydrogen-bond acceptors (Lipinski definition) is 5. The first kappa shape index (κ1) is 20.2. The average Bonchev–Trinajstić information content (AvgIpc) is 2.94. The van der Waals surface area contributed by atoms with Crippen molar-refractivity contribution in [3.05, 3.63) is 59.1 Å². The van der Waals surface area contributed by atoms with Crippen LogP contribution >= 0.6 is 23.4 Å². The highest BCUT2D eigenvalue weighted by Gasteiger charge is 2.27. The molecular weight excluding hydrogens is 414 g/mol. The topological polar surface area (TPSA) is 54.2 Å². The number of anilines is 2. The van der Waals surface area contributed by atoms with Crippen molar-refractivity contribution in [2.24, 2.45) is 5.73 Å². The maximum atomic E-state index is 13.7. The van der Waals surface area contributed by atoms with Crippen molar-refractivity contribution in [3.8, 4) is 0 Å². The molecule has 0 atom stereocenters. The molecule has 152 valence electrons.